The van der Waals surface area contributed by atoms with Gasteiger partial charge in [-0.15, -0.1) is 0 Å². The smallest absolute Gasteiger partial charge is 0.338 e. The van der Waals surface area contributed by atoms with Crippen LogP contribution in [0.3, 0.4) is 0 Å². The number of hydrogen-bond acceptors (Lipinski definition) is 2. The second-order valence-corrected chi connectivity index (χ2v) is 6.92. The highest BCUT2D eigenvalue weighted by Gasteiger charge is 2.17. The van der Waals surface area contributed by atoms with E-state index >= 15 is 0 Å². The first-order valence-corrected chi connectivity index (χ1v) is 7.90. The number of halogens is 1. The second-order valence-electron chi connectivity index (χ2n) is 6.01. The highest BCUT2D eigenvalue weighted by atomic mass is 79.9. The van der Waals surface area contributed by atoms with E-state index in [1.54, 1.807) is 12.1 Å². The number of carbonyl (C=O) groups excluding carboxylic acids is 1. The van der Waals surface area contributed by atoms with Crippen LogP contribution >= 0.6 is 15.9 Å². The average Bonchev–Trinajstić information content (AvgIpc) is 2.45. The molecular weight excluding hydrogens is 340 g/mol. The number of rotatable bonds is 3. The number of ether oxygens (including phenoxy) is 1. The molecule has 0 fully saturated rings. The van der Waals surface area contributed by atoms with Crippen molar-refractivity contribution >= 4 is 34.1 Å². The summed E-state index contributed by atoms with van der Waals surface area (Å²) in [6.07, 6.45) is 4.05. The zero-order valence-electron chi connectivity index (χ0n) is 13.0. The quantitative estimate of drug-likeness (QED) is 0.529. The fraction of sp³-hybridized carbons (Fsp3) is 0.211. The van der Waals surface area contributed by atoms with Crippen molar-refractivity contribution in [2.45, 2.75) is 26.4 Å². The summed E-state index contributed by atoms with van der Waals surface area (Å²) in [4.78, 5) is 11.9. The average molecular weight is 359 g/mol. The van der Waals surface area contributed by atoms with Gasteiger partial charge in [-0.2, -0.15) is 0 Å². The van der Waals surface area contributed by atoms with Crippen molar-refractivity contribution in [1.82, 2.24) is 0 Å². The van der Waals surface area contributed by atoms with Crippen LogP contribution in [-0.4, -0.2) is 11.6 Å². The molecule has 0 atom stereocenters. The van der Waals surface area contributed by atoms with Crippen molar-refractivity contribution in [2.75, 3.05) is 0 Å². The Hall–Kier alpha value is -1.87. The highest BCUT2D eigenvalue weighted by Crippen LogP contribution is 2.15. The summed E-state index contributed by atoms with van der Waals surface area (Å²) in [5.74, 6) is -0.295. The Morgan fingerprint density at radius 3 is 1.82 bits per heavy atom. The van der Waals surface area contributed by atoms with Gasteiger partial charge in [0, 0.05) is 4.47 Å². The fourth-order valence-electron chi connectivity index (χ4n) is 1.83. The van der Waals surface area contributed by atoms with Gasteiger partial charge in [-0.05, 0) is 56.2 Å². The van der Waals surface area contributed by atoms with Crippen molar-refractivity contribution in [3.63, 3.8) is 0 Å². The van der Waals surface area contributed by atoms with Gasteiger partial charge in [-0.3, -0.25) is 0 Å². The van der Waals surface area contributed by atoms with E-state index in [4.69, 9.17) is 4.74 Å². The Labute approximate surface area is 139 Å². The van der Waals surface area contributed by atoms with Gasteiger partial charge in [-0.1, -0.05) is 52.3 Å². The lowest BCUT2D eigenvalue weighted by molar-refractivity contribution is 0.00695. The molecular formula is C19H19BrO2. The topological polar surface area (TPSA) is 26.3 Å². The molecule has 22 heavy (non-hydrogen) atoms. The minimum atomic E-state index is -0.475. The van der Waals surface area contributed by atoms with Crippen molar-refractivity contribution in [3.05, 3.63) is 69.7 Å². The normalized spacial score (nSPS) is 11.6. The first-order valence-electron chi connectivity index (χ1n) is 7.10. The van der Waals surface area contributed by atoms with Crippen LogP contribution in [0.1, 0.15) is 42.3 Å². The van der Waals surface area contributed by atoms with Gasteiger partial charge in [0.25, 0.3) is 0 Å². The van der Waals surface area contributed by atoms with Gasteiger partial charge >= 0.3 is 5.97 Å². The van der Waals surface area contributed by atoms with Crippen molar-refractivity contribution < 1.29 is 9.53 Å². The predicted octanol–water partition coefficient (Wildman–Crippen LogP) is 5.57. The van der Waals surface area contributed by atoms with Crippen LogP contribution in [-0.2, 0) is 4.74 Å². The molecule has 3 heteroatoms. The van der Waals surface area contributed by atoms with E-state index in [0.717, 1.165) is 15.6 Å². The van der Waals surface area contributed by atoms with E-state index < -0.39 is 5.60 Å². The van der Waals surface area contributed by atoms with Crippen molar-refractivity contribution in [2.24, 2.45) is 0 Å². The maximum Gasteiger partial charge on any atom is 0.338 e. The van der Waals surface area contributed by atoms with Crippen LogP contribution in [0.25, 0.3) is 12.2 Å². The molecule has 0 N–H and O–H groups in total. The lowest BCUT2D eigenvalue weighted by Gasteiger charge is -2.19. The monoisotopic (exact) mass is 358 g/mol. The minimum Gasteiger partial charge on any atom is -0.456 e. The van der Waals surface area contributed by atoms with Crippen LogP contribution in [0, 0.1) is 0 Å². The molecule has 0 unspecified atom stereocenters. The van der Waals surface area contributed by atoms with E-state index in [-0.39, 0.29) is 5.97 Å². The molecule has 0 aliphatic rings. The Morgan fingerprint density at radius 1 is 0.909 bits per heavy atom. The molecule has 2 rings (SSSR count). The fourth-order valence-corrected chi connectivity index (χ4v) is 2.10. The van der Waals surface area contributed by atoms with Crippen LogP contribution in [0.5, 0.6) is 0 Å². The second kappa shape index (κ2) is 6.93. The zero-order valence-corrected chi connectivity index (χ0v) is 14.6. The van der Waals surface area contributed by atoms with Gasteiger partial charge in [0.15, 0.2) is 0 Å². The standard InChI is InChI=1S/C19H19BrO2/c1-19(2,3)22-18(21)16-10-6-14(7-11-16)4-5-15-8-12-17(20)13-9-15/h4-13H,1-3H3. The van der Waals surface area contributed by atoms with E-state index in [0.29, 0.717) is 5.56 Å². The van der Waals surface area contributed by atoms with Crippen LogP contribution in [0.2, 0.25) is 0 Å². The first-order chi connectivity index (χ1) is 10.3. The lowest BCUT2D eigenvalue weighted by atomic mass is 10.1. The first kappa shape index (κ1) is 16.5. The van der Waals surface area contributed by atoms with Crippen molar-refractivity contribution in [1.29, 1.82) is 0 Å². The van der Waals surface area contributed by atoms with Gasteiger partial charge < -0.3 is 4.74 Å². The summed E-state index contributed by atoms with van der Waals surface area (Å²) in [5.41, 5.74) is 2.25. The minimum absolute atomic E-state index is 0.295. The van der Waals surface area contributed by atoms with Crippen LogP contribution in [0.15, 0.2) is 53.0 Å². The predicted molar refractivity (Wildman–Crippen MR) is 94.7 cm³/mol. The van der Waals surface area contributed by atoms with Crippen LogP contribution < -0.4 is 0 Å². The van der Waals surface area contributed by atoms with Crippen molar-refractivity contribution in [3.8, 4) is 0 Å². The summed E-state index contributed by atoms with van der Waals surface area (Å²) < 4.78 is 6.40. The molecule has 0 amide bonds. The zero-order chi connectivity index (χ0) is 16.2. The Morgan fingerprint density at radius 2 is 1.36 bits per heavy atom. The summed E-state index contributed by atoms with van der Waals surface area (Å²) in [6, 6.07) is 15.5. The SMILES string of the molecule is CC(C)(C)OC(=O)c1ccc(C=Cc2ccc(Br)cc2)cc1. The molecule has 0 spiro atoms. The number of esters is 1. The summed E-state index contributed by atoms with van der Waals surface area (Å²) in [6.45, 7) is 5.58. The van der Waals surface area contributed by atoms with E-state index in [9.17, 15) is 4.79 Å². The maximum atomic E-state index is 11.9. The molecule has 0 bridgehead atoms. The summed E-state index contributed by atoms with van der Waals surface area (Å²) in [7, 11) is 0. The molecule has 0 saturated carbocycles. The molecule has 2 aromatic carbocycles. The Bertz CT molecular complexity index is 662. The van der Waals surface area contributed by atoms with Gasteiger partial charge in [-0.25, -0.2) is 4.79 Å². The third-order valence-corrected chi connectivity index (χ3v) is 3.41. The van der Waals surface area contributed by atoms with E-state index in [1.807, 2.05) is 69.3 Å². The summed E-state index contributed by atoms with van der Waals surface area (Å²) in [5, 5.41) is 0. The van der Waals surface area contributed by atoms with E-state index in [2.05, 4.69) is 15.9 Å². The molecule has 2 aromatic rings. The lowest BCUT2D eigenvalue weighted by Crippen LogP contribution is -2.23. The number of benzene rings is 2. The molecule has 114 valence electrons. The number of carbonyl (C=O) groups is 1. The van der Waals surface area contributed by atoms with Gasteiger partial charge in [0.2, 0.25) is 0 Å². The molecule has 0 aliphatic heterocycles. The van der Waals surface area contributed by atoms with E-state index in [1.165, 1.54) is 0 Å². The highest BCUT2D eigenvalue weighted by molar-refractivity contribution is 9.10. The van der Waals surface area contributed by atoms with Gasteiger partial charge in [0.1, 0.15) is 5.60 Å². The maximum absolute atomic E-state index is 11.9. The Balaban J connectivity index is 2.05. The third kappa shape index (κ3) is 5.15. The third-order valence-electron chi connectivity index (χ3n) is 2.88. The molecule has 0 saturated heterocycles. The molecule has 0 aromatic heterocycles. The largest absolute Gasteiger partial charge is 0.456 e. The Kier molecular flexibility index (Phi) is 5.19. The molecule has 0 heterocycles. The molecule has 2 nitrogen and oxygen atoms in total. The molecule has 0 aliphatic carbocycles. The summed E-state index contributed by atoms with van der Waals surface area (Å²) >= 11 is 3.42. The molecule has 0 radical (unpaired) electrons. The van der Waals surface area contributed by atoms with Gasteiger partial charge in [0.05, 0.1) is 5.56 Å². The van der Waals surface area contributed by atoms with Crippen LogP contribution in [0.4, 0.5) is 0 Å². The number of hydrogen-bond donors (Lipinski definition) is 0.